The monoisotopic (exact) mass is 319 g/mol. The van der Waals surface area contributed by atoms with E-state index in [1.165, 1.54) is 29.5 Å². The average Bonchev–Trinajstić information content (AvgIpc) is 3.33. The van der Waals surface area contributed by atoms with Gasteiger partial charge >= 0.3 is 0 Å². The summed E-state index contributed by atoms with van der Waals surface area (Å²) < 4.78 is 0. The average molecular weight is 319 g/mol. The second kappa shape index (κ2) is 4.93. The first-order valence-corrected chi connectivity index (χ1v) is 8.85. The number of benzene rings is 2. The highest BCUT2D eigenvalue weighted by molar-refractivity contribution is 5.81. The molecular formula is C21H21NO2. The maximum Gasteiger partial charge on any atom is 0.220 e. The van der Waals surface area contributed by atoms with E-state index in [1.807, 2.05) is 0 Å². The Hall–Kier alpha value is -2.13. The van der Waals surface area contributed by atoms with Gasteiger partial charge in [0.05, 0.1) is 6.10 Å². The molecule has 2 aromatic rings. The third kappa shape index (κ3) is 2.04. The molecule has 2 aliphatic carbocycles. The fourth-order valence-corrected chi connectivity index (χ4v) is 4.62. The molecule has 2 aromatic carbocycles. The minimum absolute atomic E-state index is 0.0956. The minimum Gasteiger partial charge on any atom is -0.388 e. The summed E-state index contributed by atoms with van der Waals surface area (Å²) >= 11 is 0. The number of hydrogen-bond acceptors (Lipinski definition) is 2. The van der Waals surface area contributed by atoms with E-state index in [4.69, 9.17) is 0 Å². The van der Waals surface area contributed by atoms with E-state index in [0.717, 1.165) is 11.1 Å². The number of fused-ring (bicyclic) bond motifs is 2. The van der Waals surface area contributed by atoms with Crippen molar-refractivity contribution in [3.05, 3.63) is 59.2 Å². The number of aliphatic hydroxyl groups is 1. The molecule has 0 aromatic heterocycles. The van der Waals surface area contributed by atoms with Crippen LogP contribution in [-0.2, 0) is 10.2 Å². The summed E-state index contributed by atoms with van der Waals surface area (Å²) in [6, 6.07) is 15.1. The molecule has 3 heteroatoms. The fourth-order valence-electron chi connectivity index (χ4n) is 4.62. The van der Waals surface area contributed by atoms with Gasteiger partial charge in [-0.2, -0.15) is 0 Å². The van der Waals surface area contributed by atoms with E-state index in [0.29, 0.717) is 25.3 Å². The van der Waals surface area contributed by atoms with Gasteiger partial charge in [-0.05, 0) is 59.1 Å². The summed E-state index contributed by atoms with van der Waals surface area (Å²) in [5, 5.41) is 13.6. The Kier molecular flexibility index (Phi) is 2.93. The summed E-state index contributed by atoms with van der Waals surface area (Å²) in [5.74, 6) is 0.792. The number of nitrogens with one attached hydrogen (secondary N) is 1. The van der Waals surface area contributed by atoms with E-state index < -0.39 is 6.10 Å². The van der Waals surface area contributed by atoms with Crippen molar-refractivity contribution < 1.29 is 9.90 Å². The third-order valence-electron chi connectivity index (χ3n) is 5.98. The molecule has 2 N–H and O–H groups in total. The van der Waals surface area contributed by atoms with E-state index in [-0.39, 0.29) is 11.3 Å². The van der Waals surface area contributed by atoms with Crippen LogP contribution in [0.1, 0.15) is 54.4 Å². The van der Waals surface area contributed by atoms with E-state index in [2.05, 4.69) is 47.8 Å². The Balaban J connectivity index is 1.60. The maximum atomic E-state index is 11.7. The fraction of sp³-hybridized carbons (Fsp3) is 0.381. The number of carbonyl (C=O) groups excluding carboxylic acids is 1. The molecule has 3 aliphatic rings. The van der Waals surface area contributed by atoms with Gasteiger partial charge in [-0.25, -0.2) is 0 Å². The molecule has 2 atom stereocenters. The van der Waals surface area contributed by atoms with Gasteiger partial charge in [0.15, 0.2) is 0 Å². The lowest BCUT2D eigenvalue weighted by atomic mass is 9.80. The molecule has 122 valence electrons. The van der Waals surface area contributed by atoms with Crippen molar-refractivity contribution in [2.75, 3.05) is 6.54 Å². The SMILES string of the molecule is O=C1CC2(CN1)C[C@H](O)c1cc(-c3ccccc3C3CC3)ccc12. The zero-order valence-electron chi connectivity index (χ0n) is 13.6. The first-order valence-electron chi connectivity index (χ1n) is 8.85. The van der Waals surface area contributed by atoms with Crippen LogP contribution in [-0.4, -0.2) is 17.6 Å². The molecular weight excluding hydrogens is 298 g/mol. The third-order valence-corrected chi connectivity index (χ3v) is 5.98. The molecule has 1 spiro atoms. The topological polar surface area (TPSA) is 49.3 Å². The van der Waals surface area contributed by atoms with Gasteiger partial charge in [-0.15, -0.1) is 0 Å². The van der Waals surface area contributed by atoms with Gasteiger partial charge in [0.1, 0.15) is 0 Å². The van der Waals surface area contributed by atoms with Crippen LogP contribution < -0.4 is 5.32 Å². The van der Waals surface area contributed by atoms with E-state index in [9.17, 15) is 9.90 Å². The predicted molar refractivity (Wildman–Crippen MR) is 92.7 cm³/mol. The molecule has 0 bridgehead atoms. The zero-order chi connectivity index (χ0) is 16.3. The summed E-state index contributed by atoms with van der Waals surface area (Å²) in [6.07, 6.45) is 3.23. The van der Waals surface area contributed by atoms with Gasteiger partial charge in [-0.3, -0.25) is 4.79 Å². The Labute approximate surface area is 141 Å². The number of aliphatic hydroxyl groups excluding tert-OH is 1. The van der Waals surface area contributed by atoms with Crippen molar-refractivity contribution in [1.29, 1.82) is 0 Å². The van der Waals surface area contributed by atoms with E-state index >= 15 is 0 Å². The standard InChI is InChI=1S/C21H21NO2/c23-19-10-21(11-20(24)22-12-21)18-8-7-14(9-17(18)19)16-4-2-1-3-15(16)13-5-6-13/h1-4,7-9,13,19,23H,5-6,10-12H2,(H,22,24)/t19-,21?/m0/s1. The summed E-state index contributed by atoms with van der Waals surface area (Å²) in [7, 11) is 0. The van der Waals surface area contributed by atoms with Gasteiger partial charge in [0.25, 0.3) is 0 Å². The molecule has 3 nitrogen and oxygen atoms in total. The quantitative estimate of drug-likeness (QED) is 0.891. The second-order valence-electron chi connectivity index (χ2n) is 7.62. The summed E-state index contributed by atoms with van der Waals surface area (Å²) in [4.78, 5) is 11.7. The maximum absolute atomic E-state index is 11.7. The molecule has 0 radical (unpaired) electrons. The highest BCUT2D eigenvalue weighted by atomic mass is 16.3. The first-order chi connectivity index (χ1) is 11.7. The van der Waals surface area contributed by atoms with Gasteiger partial charge < -0.3 is 10.4 Å². The Morgan fingerprint density at radius 3 is 2.67 bits per heavy atom. The largest absolute Gasteiger partial charge is 0.388 e. The van der Waals surface area contributed by atoms with Gasteiger partial charge in [0.2, 0.25) is 5.91 Å². The Morgan fingerprint density at radius 2 is 1.92 bits per heavy atom. The van der Waals surface area contributed by atoms with Crippen LogP contribution in [0.25, 0.3) is 11.1 Å². The predicted octanol–water partition coefficient (Wildman–Crippen LogP) is 3.43. The van der Waals surface area contributed by atoms with Crippen LogP contribution in [0, 0.1) is 0 Å². The zero-order valence-corrected chi connectivity index (χ0v) is 13.6. The minimum atomic E-state index is -0.472. The van der Waals surface area contributed by atoms with Crippen molar-refractivity contribution in [1.82, 2.24) is 5.32 Å². The number of rotatable bonds is 2. The van der Waals surface area contributed by atoms with Crippen LogP contribution in [0.3, 0.4) is 0 Å². The normalized spacial score (nSPS) is 28.2. The van der Waals surface area contributed by atoms with Crippen molar-refractivity contribution in [2.45, 2.75) is 43.1 Å². The highest BCUT2D eigenvalue weighted by Crippen LogP contribution is 2.50. The Bertz CT molecular complexity index is 839. The lowest BCUT2D eigenvalue weighted by molar-refractivity contribution is -0.119. The van der Waals surface area contributed by atoms with Crippen LogP contribution in [0.4, 0.5) is 0 Å². The molecule has 1 saturated carbocycles. The molecule has 24 heavy (non-hydrogen) atoms. The molecule has 5 rings (SSSR count). The van der Waals surface area contributed by atoms with Crippen LogP contribution in [0.15, 0.2) is 42.5 Å². The molecule has 2 fully saturated rings. The molecule has 1 saturated heterocycles. The van der Waals surface area contributed by atoms with Gasteiger partial charge in [0, 0.05) is 18.4 Å². The summed E-state index contributed by atoms with van der Waals surface area (Å²) in [6.45, 7) is 0.647. The molecule has 1 unspecified atom stereocenters. The number of carbonyl (C=O) groups is 1. The Morgan fingerprint density at radius 1 is 1.08 bits per heavy atom. The molecule has 1 heterocycles. The smallest absolute Gasteiger partial charge is 0.220 e. The molecule has 1 aliphatic heterocycles. The molecule has 1 amide bonds. The van der Waals surface area contributed by atoms with Crippen molar-refractivity contribution in [3.8, 4) is 11.1 Å². The summed E-state index contributed by atoms with van der Waals surface area (Å²) in [5.41, 5.74) is 5.86. The number of hydrogen-bond donors (Lipinski definition) is 2. The van der Waals surface area contributed by atoms with Crippen molar-refractivity contribution in [3.63, 3.8) is 0 Å². The number of amides is 1. The van der Waals surface area contributed by atoms with E-state index in [1.54, 1.807) is 0 Å². The van der Waals surface area contributed by atoms with Crippen molar-refractivity contribution >= 4 is 5.91 Å². The second-order valence-corrected chi connectivity index (χ2v) is 7.62. The van der Waals surface area contributed by atoms with Crippen LogP contribution >= 0.6 is 0 Å². The van der Waals surface area contributed by atoms with Gasteiger partial charge in [-0.1, -0.05) is 36.4 Å². The lowest BCUT2D eigenvalue weighted by Gasteiger charge is -2.22. The van der Waals surface area contributed by atoms with Crippen LogP contribution in [0.5, 0.6) is 0 Å². The van der Waals surface area contributed by atoms with Crippen molar-refractivity contribution in [2.24, 2.45) is 0 Å². The van der Waals surface area contributed by atoms with Crippen LogP contribution in [0.2, 0.25) is 0 Å². The lowest BCUT2D eigenvalue weighted by Crippen LogP contribution is -2.26. The first kappa shape index (κ1) is 14.2. The highest BCUT2D eigenvalue weighted by Gasteiger charge is 2.48.